The van der Waals surface area contributed by atoms with Crippen molar-refractivity contribution >= 4 is 37.4 Å². The van der Waals surface area contributed by atoms with Crippen LogP contribution in [0.15, 0.2) is 96.4 Å². The largest absolute Gasteiger partial charge is 0.336 e. The van der Waals surface area contributed by atoms with Crippen molar-refractivity contribution in [2.24, 2.45) is 0 Å². The van der Waals surface area contributed by atoms with Crippen LogP contribution < -0.4 is 10.2 Å². The molecule has 0 aliphatic rings. The number of pyridine rings is 1. The molecule has 0 saturated carbocycles. The van der Waals surface area contributed by atoms with Crippen molar-refractivity contribution in [3.05, 3.63) is 102 Å². The molecule has 0 amide bonds. The van der Waals surface area contributed by atoms with Gasteiger partial charge in [-0.2, -0.15) is 0 Å². The maximum Gasteiger partial charge on any atom is 0.234 e. The number of sulfonamides is 1. The fourth-order valence-corrected chi connectivity index (χ4v) is 4.77. The monoisotopic (exact) mass is 456 g/mol. The molecule has 0 saturated heterocycles. The van der Waals surface area contributed by atoms with Gasteiger partial charge in [-0.3, -0.25) is 14.5 Å². The van der Waals surface area contributed by atoms with E-state index in [1.165, 1.54) is 0 Å². The van der Waals surface area contributed by atoms with Crippen LogP contribution in [0.25, 0.3) is 32.8 Å². The smallest absolute Gasteiger partial charge is 0.234 e. The normalized spacial score (nSPS) is 11.6. The Morgan fingerprint density at radius 2 is 1.73 bits per heavy atom. The molecule has 2 aromatic heterocycles. The first-order valence-electron chi connectivity index (χ1n) is 10.4. The summed E-state index contributed by atoms with van der Waals surface area (Å²) in [5.74, 6) is -0.110. The zero-order valence-corrected chi connectivity index (χ0v) is 18.4. The molecule has 1 N–H and O–H groups in total. The van der Waals surface area contributed by atoms with Crippen LogP contribution in [0.2, 0.25) is 0 Å². The van der Waals surface area contributed by atoms with E-state index in [4.69, 9.17) is 0 Å². The third kappa shape index (κ3) is 4.47. The van der Waals surface area contributed by atoms with Gasteiger partial charge in [0.15, 0.2) is 5.43 Å². The van der Waals surface area contributed by atoms with Gasteiger partial charge in [-0.15, -0.1) is 0 Å². The Morgan fingerprint density at radius 1 is 0.909 bits per heavy atom. The minimum Gasteiger partial charge on any atom is -0.336 e. The first kappa shape index (κ1) is 20.8. The first-order chi connectivity index (χ1) is 16.0. The highest BCUT2D eigenvalue weighted by atomic mass is 32.2. The highest BCUT2D eigenvalue weighted by Crippen LogP contribution is 2.23. The van der Waals surface area contributed by atoms with Gasteiger partial charge >= 0.3 is 0 Å². The van der Waals surface area contributed by atoms with Crippen LogP contribution in [0.5, 0.6) is 0 Å². The number of hydrogen-bond donors (Lipinski definition) is 1. The van der Waals surface area contributed by atoms with Gasteiger partial charge in [0.05, 0.1) is 17.6 Å². The van der Waals surface area contributed by atoms with E-state index in [-0.39, 0.29) is 17.7 Å². The molecule has 8 heteroatoms. The van der Waals surface area contributed by atoms with Gasteiger partial charge < -0.3 is 4.57 Å². The second-order valence-electron chi connectivity index (χ2n) is 7.71. The van der Waals surface area contributed by atoms with Gasteiger partial charge in [0, 0.05) is 47.2 Å². The minimum absolute atomic E-state index is 0.110. The Kier molecular flexibility index (Phi) is 5.35. The summed E-state index contributed by atoms with van der Waals surface area (Å²) < 4.78 is 29.4. The lowest BCUT2D eigenvalue weighted by molar-refractivity contribution is 0.594. The molecule has 0 spiro atoms. The van der Waals surface area contributed by atoms with Crippen LogP contribution in [0.1, 0.15) is 0 Å². The highest BCUT2D eigenvalue weighted by molar-refractivity contribution is 7.92. The number of anilines is 1. The molecular formula is C25H20N4O3S. The SMILES string of the molecule is O=c1c2cc(NS(=O)(=O)CCn3ccnc3)ccc2ccc2ncc(-c3ccccc3)cc12. The minimum atomic E-state index is -3.61. The maximum absolute atomic E-state index is 13.4. The molecule has 0 bridgehead atoms. The molecule has 0 aliphatic carbocycles. The molecule has 2 heterocycles. The lowest BCUT2D eigenvalue weighted by Gasteiger charge is -2.09. The van der Waals surface area contributed by atoms with Gasteiger partial charge in [0.25, 0.3) is 0 Å². The number of imidazole rings is 1. The van der Waals surface area contributed by atoms with Gasteiger partial charge in [-0.25, -0.2) is 13.4 Å². The van der Waals surface area contributed by atoms with Crippen molar-refractivity contribution in [1.29, 1.82) is 0 Å². The van der Waals surface area contributed by atoms with Crippen LogP contribution in [0, 0.1) is 0 Å². The van der Waals surface area contributed by atoms with Crippen molar-refractivity contribution in [3.63, 3.8) is 0 Å². The van der Waals surface area contributed by atoms with E-state index in [0.29, 0.717) is 27.4 Å². The van der Waals surface area contributed by atoms with E-state index < -0.39 is 10.0 Å². The van der Waals surface area contributed by atoms with Gasteiger partial charge in [0.1, 0.15) is 0 Å². The average Bonchev–Trinajstić information content (AvgIpc) is 3.31. The molecule has 3 aromatic carbocycles. The molecule has 0 aliphatic heterocycles. The van der Waals surface area contributed by atoms with Crippen molar-refractivity contribution in [2.75, 3.05) is 10.5 Å². The molecule has 5 aromatic rings. The highest BCUT2D eigenvalue weighted by Gasteiger charge is 2.12. The summed E-state index contributed by atoms with van der Waals surface area (Å²) >= 11 is 0. The molecule has 5 rings (SSSR count). The number of rotatable bonds is 6. The number of benzene rings is 2. The Morgan fingerprint density at radius 3 is 2.52 bits per heavy atom. The number of hydrogen-bond acceptors (Lipinski definition) is 5. The molecule has 7 nitrogen and oxygen atoms in total. The third-order valence-electron chi connectivity index (χ3n) is 5.44. The number of aryl methyl sites for hydroxylation is 1. The van der Waals surface area contributed by atoms with E-state index in [2.05, 4.69) is 14.7 Å². The van der Waals surface area contributed by atoms with Crippen LogP contribution in [-0.2, 0) is 16.6 Å². The summed E-state index contributed by atoms with van der Waals surface area (Å²) in [5.41, 5.74) is 2.54. The molecule has 0 radical (unpaired) electrons. The second kappa shape index (κ2) is 8.48. The number of nitrogens with zero attached hydrogens (tertiary/aromatic N) is 3. The zero-order valence-electron chi connectivity index (χ0n) is 17.5. The number of nitrogens with one attached hydrogen (secondary N) is 1. The van der Waals surface area contributed by atoms with E-state index >= 15 is 0 Å². The second-order valence-corrected chi connectivity index (χ2v) is 9.55. The summed E-state index contributed by atoms with van der Waals surface area (Å²) in [7, 11) is -3.61. The summed E-state index contributed by atoms with van der Waals surface area (Å²) in [6.45, 7) is 0.281. The van der Waals surface area contributed by atoms with E-state index in [9.17, 15) is 13.2 Å². The van der Waals surface area contributed by atoms with Gasteiger partial charge in [-0.05, 0) is 35.2 Å². The average molecular weight is 457 g/mol. The van der Waals surface area contributed by atoms with Crippen LogP contribution in [0.3, 0.4) is 0 Å². The van der Waals surface area contributed by atoms with Crippen molar-refractivity contribution in [2.45, 2.75) is 6.54 Å². The van der Waals surface area contributed by atoms with Crippen LogP contribution in [-0.4, -0.2) is 28.7 Å². The predicted molar refractivity (Wildman–Crippen MR) is 131 cm³/mol. The van der Waals surface area contributed by atoms with E-state index in [0.717, 1.165) is 11.1 Å². The first-order valence-corrected chi connectivity index (χ1v) is 12.0. The topological polar surface area (TPSA) is 94.0 Å². The van der Waals surface area contributed by atoms with E-state index in [1.54, 1.807) is 47.7 Å². The molecular weight excluding hydrogens is 436 g/mol. The standard InChI is InChI=1S/C25H20N4O3S/c30-25-22-15-21(28-33(31,32)13-12-29-11-10-26-17-29)8-6-19(22)7-9-24-23(25)14-20(16-27-24)18-4-2-1-3-5-18/h1-11,14-17,28H,12-13H2. The van der Waals surface area contributed by atoms with Crippen molar-refractivity contribution < 1.29 is 8.42 Å². The molecule has 33 heavy (non-hydrogen) atoms. The fourth-order valence-electron chi connectivity index (χ4n) is 3.73. The predicted octanol–water partition coefficient (Wildman–Crippen LogP) is 4.05. The molecule has 164 valence electrons. The van der Waals surface area contributed by atoms with Gasteiger partial charge in [0.2, 0.25) is 10.0 Å². The summed E-state index contributed by atoms with van der Waals surface area (Å²) in [6, 6.07) is 20.2. The zero-order chi connectivity index (χ0) is 22.8. The summed E-state index contributed by atoms with van der Waals surface area (Å²) in [4.78, 5) is 21.9. The van der Waals surface area contributed by atoms with Crippen molar-refractivity contribution in [1.82, 2.24) is 14.5 Å². The number of fused-ring (bicyclic) bond motifs is 2. The molecule has 0 fully saturated rings. The Balaban J connectivity index is 1.54. The molecule has 0 unspecified atom stereocenters. The fraction of sp³-hybridized carbons (Fsp3) is 0.0800. The van der Waals surface area contributed by atoms with Crippen LogP contribution in [0.4, 0.5) is 5.69 Å². The van der Waals surface area contributed by atoms with Crippen molar-refractivity contribution in [3.8, 4) is 11.1 Å². The Bertz CT molecular complexity index is 1620. The van der Waals surface area contributed by atoms with Gasteiger partial charge in [-0.1, -0.05) is 42.5 Å². The van der Waals surface area contributed by atoms with Crippen LogP contribution >= 0.6 is 0 Å². The Labute approximate surface area is 190 Å². The Hall–Kier alpha value is -4.04. The lowest BCUT2D eigenvalue weighted by Crippen LogP contribution is -2.20. The maximum atomic E-state index is 13.4. The quantitative estimate of drug-likeness (QED) is 0.416. The summed E-state index contributed by atoms with van der Waals surface area (Å²) in [6.07, 6.45) is 6.62. The molecule has 0 atom stereocenters. The number of aromatic nitrogens is 3. The summed E-state index contributed by atoms with van der Waals surface area (Å²) in [5, 5.41) is 1.61. The third-order valence-corrected chi connectivity index (χ3v) is 6.71. The van der Waals surface area contributed by atoms with E-state index in [1.807, 2.05) is 48.5 Å². The lowest BCUT2D eigenvalue weighted by atomic mass is 10.1.